The van der Waals surface area contributed by atoms with Crippen LogP contribution in [0.2, 0.25) is 0 Å². The van der Waals surface area contributed by atoms with Gasteiger partial charge in [-0.2, -0.15) is 15.8 Å². The van der Waals surface area contributed by atoms with Gasteiger partial charge >= 0.3 is 0 Å². The van der Waals surface area contributed by atoms with E-state index in [4.69, 9.17) is 16.3 Å². The minimum Gasteiger partial charge on any atom is -0.396 e. The minimum atomic E-state index is -0.249. The molecule has 0 spiro atoms. The lowest BCUT2D eigenvalue weighted by atomic mass is 10.1. The van der Waals surface area contributed by atoms with Crippen molar-refractivity contribution in [3.8, 4) is 18.2 Å². The molecule has 164 valence electrons. The SMILES string of the molecule is CCCCCCN(CCCCCC)c1ccc(/C=C/C=C(\C#N)C(N)=C(C#N)C#N)s1. The molecule has 0 saturated carbocycles. The van der Waals surface area contributed by atoms with Gasteiger partial charge < -0.3 is 10.6 Å². The van der Waals surface area contributed by atoms with Crippen molar-refractivity contribution >= 4 is 22.4 Å². The molecule has 1 heterocycles. The van der Waals surface area contributed by atoms with E-state index in [0.29, 0.717) is 0 Å². The van der Waals surface area contributed by atoms with E-state index in [9.17, 15) is 5.26 Å². The number of nitrogens with zero attached hydrogens (tertiary/aromatic N) is 4. The van der Waals surface area contributed by atoms with E-state index in [0.717, 1.165) is 18.0 Å². The summed E-state index contributed by atoms with van der Waals surface area (Å²) >= 11 is 1.73. The fourth-order valence-corrected chi connectivity index (χ4v) is 4.07. The van der Waals surface area contributed by atoms with Gasteiger partial charge in [0.15, 0.2) is 5.57 Å². The van der Waals surface area contributed by atoms with Crippen LogP contribution in [0.5, 0.6) is 0 Å². The molecule has 0 aliphatic heterocycles. The van der Waals surface area contributed by atoms with Gasteiger partial charge in [0.2, 0.25) is 0 Å². The fraction of sp³-hybridized carbons (Fsp3) is 0.480. The molecule has 0 aliphatic carbocycles. The summed E-state index contributed by atoms with van der Waals surface area (Å²) in [5, 5.41) is 28.4. The van der Waals surface area contributed by atoms with Crippen molar-refractivity contribution in [1.82, 2.24) is 0 Å². The molecule has 0 fully saturated rings. The van der Waals surface area contributed by atoms with Crippen molar-refractivity contribution in [3.63, 3.8) is 0 Å². The Labute approximate surface area is 191 Å². The van der Waals surface area contributed by atoms with Crippen LogP contribution in [-0.2, 0) is 0 Å². The largest absolute Gasteiger partial charge is 0.396 e. The van der Waals surface area contributed by atoms with Crippen molar-refractivity contribution < 1.29 is 0 Å². The van der Waals surface area contributed by atoms with Crippen LogP contribution in [0, 0.1) is 34.0 Å². The van der Waals surface area contributed by atoms with E-state index in [2.05, 4.69) is 30.9 Å². The highest BCUT2D eigenvalue weighted by atomic mass is 32.1. The zero-order chi connectivity index (χ0) is 22.9. The maximum absolute atomic E-state index is 9.26. The molecule has 1 aromatic rings. The lowest BCUT2D eigenvalue weighted by Crippen LogP contribution is -2.24. The fourth-order valence-electron chi connectivity index (χ4n) is 3.10. The molecule has 1 aromatic heterocycles. The van der Waals surface area contributed by atoms with Crippen molar-refractivity contribution in [2.24, 2.45) is 5.73 Å². The zero-order valence-corrected chi connectivity index (χ0v) is 19.5. The topological polar surface area (TPSA) is 101 Å². The molecule has 0 atom stereocenters. The highest BCUT2D eigenvalue weighted by molar-refractivity contribution is 7.16. The molecule has 0 amide bonds. The van der Waals surface area contributed by atoms with Crippen molar-refractivity contribution in [2.75, 3.05) is 18.0 Å². The van der Waals surface area contributed by atoms with E-state index < -0.39 is 0 Å². The molecule has 1 rings (SSSR count). The van der Waals surface area contributed by atoms with E-state index in [1.54, 1.807) is 29.6 Å². The van der Waals surface area contributed by atoms with Crippen LogP contribution in [-0.4, -0.2) is 13.1 Å². The van der Waals surface area contributed by atoms with Crippen LogP contribution >= 0.6 is 11.3 Å². The normalized spacial score (nSPS) is 11.0. The van der Waals surface area contributed by atoms with E-state index in [1.165, 1.54) is 62.4 Å². The summed E-state index contributed by atoms with van der Waals surface area (Å²) in [7, 11) is 0. The van der Waals surface area contributed by atoms with E-state index in [1.807, 2.05) is 12.1 Å². The molecule has 0 bridgehead atoms. The average Bonchev–Trinajstić information content (AvgIpc) is 3.25. The molecule has 31 heavy (non-hydrogen) atoms. The second-order valence-electron chi connectivity index (χ2n) is 7.35. The van der Waals surface area contributed by atoms with Gasteiger partial charge in [-0.25, -0.2) is 0 Å². The van der Waals surface area contributed by atoms with Crippen LogP contribution in [0.15, 0.2) is 41.1 Å². The van der Waals surface area contributed by atoms with Gasteiger partial charge in [0.05, 0.1) is 16.3 Å². The molecule has 0 radical (unpaired) electrons. The Bertz CT molecular complexity index is 858. The third kappa shape index (κ3) is 9.56. The first-order chi connectivity index (χ1) is 15.1. The first kappa shape index (κ1) is 26.0. The number of hydrogen-bond acceptors (Lipinski definition) is 6. The number of anilines is 1. The average molecular weight is 436 g/mol. The van der Waals surface area contributed by atoms with E-state index >= 15 is 0 Å². The standard InChI is InChI=1S/C25H33N5S/c1-3-5-7-9-16-30(17-10-8-6-4-2)24-15-14-23(31-24)13-11-12-21(18-26)25(29)22(19-27)20-28/h11-15H,3-10,16-17,29H2,1-2H3/b13-11+,21-12+. The van der Waals surface area contributed by atoms with Crippen LogP contribution < -0.4 is 10.6 Å². The van der Waals surface area contributed by atoms with Crippen LogP contribution in [0.1, 0.15) is 70.1 Å². The Kier molecular flexibility index (Phi) is 13.2. The Morgan fingerprint density at radius 1 is 0.935 bits per heavy atom. The number of rotatable bonds is 14. The highest BCUT2D eigenvalue weighted by Crippen LogP contribution is 2.28. The summed E-state index contributed by atoms with van der Waals surface area (Å²) in [5.41, 5.74) is 5.53. The Morgan fingerprint density at radius 3 is 2.06 bits per heavy atom. The third-order valence-electron chi connectivity index (χ3n) is 4.91. The van der Waals surface area contributed by atoms with Crippen LogP contribution in [0.25, 0.3) is 6.08 Å². The predicted octanol–water partition coefficient (Wildman–Crippen LogP) is 6.44. The molecule has 0 aliphatic rings. The maximum atomic E-state index is 9.26. The molecule has 0 saturated heterocycles. The van der Waals surface area contributed by atoms with Gasteiger partial charge in [-0.05, 0) is 37.1 Å². The quantitative estimate of drug-likeness (QED) is 0.206. The lowest BCUT2D eigenvalue weighted by molar-refractivity contribution is 0.611. The smallest absolute Gasteiger partial charge is 0.153 e. The predicted molar refractivity (Wildman–Crippen MR) is 130 cm³/mol. The monoisotopic (exact) mass is 435 g/mol. The number of unbranched alkanes of at least 4 members (excludes halogenated alkanes) is 6. The summed E-state index contributed by atoms with van der Waals surface area (Å²) in [4.78, 5) is 3.58. The Hall–Kier alpha value is -3.01. The number of nitrogens with two attached hydrogens (primary N) is 1. The molecule has 5 nitrogen and oxygen atoms in total. The van der Waals surface area contributed by atoms with Gasteiger partial charge in [-0.1, -0.05) is 58.4 Å². The Balaban J connectivity index is 2.88. The molecule has 0 unspecified atom stereocenters. The molecular formula is C25H33N5S. The first-order valence-electron chi connectivity index (χ1n) is 11.0. The summed E-state index contributed by atoms with van der Waals surface area (Å²) in [5.74, 6) is 0. The zero-order valence-electron chi connectivity index (χ0n) is 18.7. The number of allylic oxidation sites excluding steroid dienone is 4. The van der Waals surface area contributed by atoms with Crippen molar-refractivity contribution in [2.45, 2.75) is 65.2 Å². The summed E-state index contributed by atoms with van der Waals surface area (Å²) in [6.07, 6.45) is 15.2. The highest BCUT2D eigenvalue weighted by Gasteiger charge is 2.09. The second kappa shape index (κ2) is 15.8. The number of hydrogen-bond donors (Lipinski definition) is 1. The van der Waals surface area contributed by atoms with Crippen LogP contribution in [0.3, 0.4) is 0 Å². The van der Waals surface area contributed by atoms with Gasteiger partial charge in [-0.15, -0.1) is 11.3 Å². The first-order valence-corrected chi connectivity index (χ1v) is 11.9. The second-order valence-corrected chi connectivity index (χ2v) is 8.44. The summed E-state index contributed by atoms with van der Waals surface area (Å²) in [6.45, 7) is 6.64. The lowest BCUT2D eigenvalue weighted by Gasteiger charge is -2.23. The number of thiophene rings is 1. The molecular weight excluding hydrogens is 402 g/mol. The van der Waals surface area contributed by atoms with Crippen LogP contribution in [0.4, 0.5) is 5.00 Å². The Morgan fingerprint density at radius 2 is 1.55 bits per heavy atom. The third-order valence-corrected chi connectivity index (χ3v) is 6.03. The van der Waals surface area contributed by atoms with Gasteiger partial charge in [0.1, 0.15) is 18.2 Å². The summed E-state index contributed by atoms with van der Waals surface area (Å²) in [6, 6.07) is 9.62. The molecule has 2 N–H and O–H groups in total. The molecule has 0 aromatic carbocycles. The maximum Gasteiger partial charge on any atom is 0.153 e. The van der Waals surface area contributed by atoms with E-state index in [-0.39, 0.29) is 16.8 Å². The number of nitriles is 3. The minimum absolute atomic E-state index is 0.0886. The van der Waals surface area contributed by atoms with Gasteiger partial charge in [0, 0.05) is 18.0 Å². The van der Waals surface area contributed by atoms with Crippen molar-refractivity contribution in [3.05, 3.63) is 46.0 Å². The van der Waals surface area contributed by atoms with Crippen molar-refractivity contribution in [1.29, 1.82) is 15.8 Å². The van der Waals surface area contributed by atoms with Gasteiger partial charge in [0.25, 0.3) is 0 Å². The molecule has 6 heteroatoms. The summed E-state index contributed by atoms with van der Waals surface area (Å²) < 4.78 is 0. The van der Waals surface area contributed by atoms with Gasteiger partial charge in [-0.3, -0.25) is 0 Å².